The first-order chi connectivity index (χ1) is 8.15. The molecule has 1 rings (SSSR count). The lowest BCUT2D eigenvalue weighted by Gasteiger charge is -2.20. The Balaban J connectivity index is 2.59. The van der Waals surface area contributed by atoms with E-state index in [1.54, 1.807) is 7.11 Å². The zero-order chi connectivity index (χ0) is 12.7. The molecule has 2 heteroatoms. The molecule has 0 saturated carbocycles. The quantitative estimate of drug-likeness (QED) is 0.784. The Kier molecular flexibility index (Phi) is 6.23. The van der Waals surface area contributed by atoms with Crippen LogP contribution in [0, 0.1) is 12.8 Å². The number of rotatable bonds is 7. The molecule has 0 bridgehead atoms. The van der Waals surface area contributed by atoms with Crippen molar-refractivity contribution in [1.29, 1.82) is 0 Å². The highest BCUT2D eigenvalue weighted by Gasteiger charge is 2.13. The molecule has 0 heterocycles. The van der Waals surface area contributed by atoms with Gasteiger partial charge in [-0.15, -0.1) is 0 Å². The molecule has 0 spiro atoms. The molecule has 0 fully saturated rings. The second-order valence-corrected chi connectivity index (χ2v) is 4.90. The standard InChI is InChI=1S/C15H25NO/c1-12-6-5-7-14(8-12)10-15(11-16-3)9-13(2)17-4/h5-8,13,15-16H,9-11H2,1-4H3. The van der Waals surface area contributed by atoms with E-state index in [-0.39, 0.29) is 0 Å². The fraction of sp³-hybridized carbons (Fsp3) is 0.600. The van der Waals surface area contributed by atoms with Crippen LogP contribution in [0.1, 0.15) is 24.5 Å². The Bertz CT molecular complexity index is 324. The van der Waals surface area contributed by atoms with E-state index < -0.39 is 0 Å². The van der Waals surface area contributed by atoms with Gasteiger partial charge in [-0.1, -0.05) is 29.8 Å². The van der Waals surface area contributed by atoms with Crippen molar-refractivity contribution in [2.24, 2.45) is 5.92 Å². The number of aryl methyl sites for hydroxylation is 1. The van der Waals surface area contributed by atoms with E-state index in [1.807, 2.05) is 7.05 Å². The molecule has 0 aliphatic rings. The molecule has 0 aliphatic heterocycles. The molecule has 2 atom stereocenters. The van der Waals surface area contributed by atoms with Gasteiger partial charge in [0.2, 0.25) is 0 Å². The van der Waals surface area contributed by atoms with E-state index in [9.17, 15) is 0 Å². The molecule has 0 radical (unpaired) electrons. The van der Waals surface area contributed by atoms with Crippen molar-refractivity contribution in [2.45, 2.75) is 32.8 Å². The summed E-state index contributed by atoms with van der Waals surface area (Å²) >= 11 is 0. The van der Waals surface area contributed by atoms with Gasteiger partial charge in [0.25, 0.3) is 0 Å². The SMILES string of the molecule is CNCC(Cc1cccc(C)c1)CC(C)OC. The summed E-state index contributed by atoms with van der Waals surface area (Å²) in [6, 6.07) is 8.78. The van der Waals surface area contributed by atoms with Crippen molar-refractivity contribution in [1.82, 2.24) is 5.32 Å². The van der Waals surface area contributed by atoms with Gasteiger partial charge in [0.15, 0.2) is 0 Å². The van der Waals surface area contributed by atoms with Gasteiger partial charge in [0.1, 0.15) is 0 Å². The highest BCUT2D eigenvalue weighted by atomic mass is 16.5. The summed E-state index contributed by atoms with van der Waals surface area (Å²) in [5.74, 6) is 0.636. The molecule has 17 heavy (non-hydrogen) atoms. The molecule has 96 valence electrons. The van der Waals surface area contributed by atoms with Crippen molar-refractivity contribution >= 4 is 0 Å². The monoisotopic (exact) mass is 235 g/mol. The van der Waals surface area contributed by atoms with Crippen LogP contribution in [0.15, 0.2) is 24.3 Å². The van der Waals surface area contributed by atoms with Crippen LogP contribution in [0.2, 0.25) is 0 Å². The Labute approximate surface area is 105 Å². The third-order valence-corrected chi connectivity index (χ3v) is 3.17. The first-order valence-corrected chi connectivity index (χ1v) is 6.38. The summed E-state index contributed by atoms with van der Waals surface area (Å²) in [7, 11) is 3.80. The fourth-order valence-corrected chi connectivity index (χ4v) is 2.27. The minimum absolute atomic E-state index is 0.332. The average Bonchev–Trinajstić information content (AvgIpc) is 2.29. The van der Waals surface area contributed by atoms with E-state index in [1.165, 1.54) is 11.1 Å². The first kappa shape index (κ1) is 14.2. The minimum atomic E-state index is 0.332. The van der Waals surface area contributed by atoms with Gasteiger partial charge in [0.05, 0.1) is 6.10 Å². The maximum Gasteiger partial charge on any atom is 0.0546 e. The van der Waals surface area contributed by atoms with Gasteiger partial charge in [-0.25, -0.2) is 0 Å². The fourth-order valence-electron chi connectivity index (χ4n) is 2.27. The summed E-state index contributed by atoms with van der Waals surface area (Å²) in [6.07, 6.45) is 2.56. The van der Waals surface area contributed by atoms with E-state index in [0.29, 0.717) is 12.0 Å². The van der Waals surface area contributed by atoms with Gasteiger partial charge < -0.3 is 10.1 Å². The number of ether oxygens (including phenoxy) is 1. The highest BCUT2D eigenvalue weighted by molar-refractivity contribution is 5.22. The van der Waals surface area contributed by atoms with Gasteiger partial charge in [-0.05, 0) is 51.8 Å². The smallest absolute Gasteiger partial charge is 0.0546 e. The third-order valence-electron chi connectivity index (χ3n) is 3.17. The summed E-state index contributed by atoms with van der Waals surface area (Å²) < 4.78 is 5.36. The maximum atomic E-state index is 5.36. The average molecular weight is 235 g/mol. The summed E-state index contributed by atoms with van der Waals surface area (Å²) in [6.45, 7) is 5.33. The lowest BCUT2D eigenvalue weighted by Crippen LogP contribution is -2.24. The molecule has 0 aromatic heterocycles. The molecular weight excluding hydrogens is 210 g/mol. The van der Waals surface area contributed by atoms with Crippen LogP contribution in [0.25, 0.3) is 0 Å². The largest absolute Gasteiger partial charge is 0.382 e. The third kappa shape index (κ3) is 5.33. The molecule has 2 nitrogen and oxygen atoms in total. The van der Waals surface area contributed by atoms with Crippen molar-refractivity contribution < 1.29 is 4.74 Å². The molecule has 2 unspecified atom stereocenters. The zero-order valence-corrected chi connectivity index (χ0v) is 11.5. The number of methoxy groups -OCH3 is 1. The minimum Gasteiger partial charge on any atom is -0.382 e. The molecule has 0 amide bonds. The van der Waals surface area contributed by atoms with Gasteiger partial charge >= 0.3 is 0 Å². The Hall–Kier alpha value is -0.860. The first-order valence-electron chi connectivity index (χ1n) is 6.38. The topological polar surface area (TPSA) is 21.3 Å². The van der Waals surface area contributed by atoms with Gasteiger partial charge in [0, 0.05) is 7.11 Å². The number of benzene rings is 1. The lowest BCUT2D eigenvalue weighted by atomic mass is 9.93. The number of hydrogen-bond donors (Lipinski definition) is 1. The van der Waals surface area contributed by atoms with E-state index >= 15 is 0 Å². The van der Waals surface area contributed by atoms with Crippen molar-refractivity contribution in [2.75, 3.05) is 20.7 Å². The van der Waals surface area contributed by atoms with Crippen molar-refractivity contribution in [3.63, 3.8) is 0 Å². The molecule has 1 aromatic carbocycles. The predicted molar refractivity (Wildman–Crippen MR) is 73.4 cm³/mol. The normalized spacial score (nSPS) is 14.6. The summed E-state index contributed by atoms with van der Waals surface area (Å²) in [5.41, 5.74) is 2.76. The van der Waals surface area contributed by atoms with Crippen molar-refractivity contribution in [3.05, 3.63) is 35.4 Å². The van der Waals surface area contributed by atoms with Crippen LogP contribution in [0.3, 0.4) is 0 Å². The zero-order valence-electron chi connectivity index (χ0n) is 11.5. The van der Waals surface area contributed by atoms with E-state index in [2.05, 4.69) is 43.4 Å². The molecule has 0 aliphatic carbocycles. The second kappa shape index (κ2) is 7.46. The Morgan fingerprint density at radius 2 is 2.12 bits per heavy atom. The van der Waals surface area contributed by atoms with Crippen LogP contribution in [0.5, 0.6) is 0 Å². The van der Waals surface area contributed by atoms with Crippen LogP contribution < -0.4 is 5.32 Å². The number of hydrogen-bond acceptors (Lipinski definition) is 2. The van der Waals surface area contributed by atoms with Crippen LogP contribution in [-0.4, -0.2) is 26.8 Å². The van der Waals surface area contributed by atoms with Crippen LogP contribution in [-0.2, 0) is 11.2 Å². The Morgan fingerprint density at radius 3 is 2.71 bits per heavy atom. The summed E-state index contributed by atoms with van der Waals surface area (Å²) in [4.78, 5) is 0. The Morgan fingerprint density at radius 1 is 1.35 bits per heavy atom. The van der Waals surface area contributed by atoms with Crippen LogP contribution in [0.4, 0.5) is 0 Å². The lowest BCUT2D eigenvalue weighted by molar-refractivity contribution is 0.0949. The van der Waals surface area contributed by atoms with Gasteiger partial charge in [-0.3, -0.25) is 0 Å². The van der Waals surface area contributed by atoms with Crippen LogP contribution >= 0.6 is 0 Å². The summed E-state index contributed by atoms with van der Waals surface area (Å²) in [5, 5.41) is 3.28. The molecule has 1 N–H and O–H groups in total. The van der Waals surface area contributed by atoms with E-state index in [4.69, 9.17) is 4.74 Å². The van der Waals surface area contributed by atoms with Gasteiger partial charge in [-0.2, -0.15) is 0 Å². The van der Waals surface area contributed by atoms with E-state index in [0.717, 1.165) is 19.4 Å². The molecular formula is C15H25NO. The van der Waals surface area contributed by atoms with Crippen molar-refractivity contribution in [3.8, 4) is 0 Å². The molecule has 1 aromatic rings. The highest BCUT2D eigenvalue weighted by Crippen LogP contribution is 2.16. The maximum absolute atomic E-state index is 5.36. The molecule has 0 saturated heterocycles. The number of nitrogens with one attached hydrogen (secondary N) is 1. The second-order valence-electron chi connectivity index (χ2n) is 4.90. The predicted octanol–water partition coefficient (Wildman–Crippen LogP) is 2.80.